The lowest BCUT2D eigenvalue weighted by molar-refractivity contribution is -0.683. The average Bonchev–Trinajstić information content (AvgIpc) is 3.42. The van der Waals surface area contributed by atoms with Gasteiger partial charge in [-0.05, 0) is 48.1 Å². The maximum absolute atomic E-state index is 13.1. The van der Waals surface area contributed by atoms with Crippen molar-refractivity contribution in [2.24, 2.45) is 0 Å². The molecule has 0 aliphatic heterocycles. The summed E-state index contributed by atoms with van der Waals surface area (Å²) in [5.74, 6) is 1.08. The highest BCUT2D eigenvalue weighted by Gasteiger charge is 2.21. The fourth-order valence-corrected chi connectivity index (χ4v) is 6.38. The number of unbranched alkanes of at least 4 members (excludes halogenated alkanes) is 11. The number of nitrogens with zero attached hydrogens (tertiary/aromatic N) is 2. The lowest BCUT2D eigenvalue weighted by atomic mass is 9.85. The van der Waals surface area contributed by atoms with E-state index < -0.39 is 0 Å². The Morgan fingerprint density at radius 2 is 1.41 bits per heavy atom. The quantitative estimate of drug-likeness (QED) is 0.0931. The fourth-order valence-electron chi connectivity index (χ4n) is 5.75. The van der Waals surface area contributed by atoms with E-state index in [1.165, 1.54) is 86.6 Å². The third-order valence-corrected chi connectivity index (χ3v) is 9.24. The van der Waals surface area contributed by atoms with Gasteiger partial charge in [-0.2, -0.15) is 4.57 Å². The minimum absolute atomic E-state index is 0.0157. The van der Waals surface area contributed by atoms with Crippen molar-refractivity contribution in [3.63, 3.8) is 0 Å². The van der Waals surface area contributed by atoms with Gasteiger partial charge in [0, 0.05) is 17.7 Å². The summed E-state index contributed by atoms with van der Waals surface area (Å²) in [6.45, 7) is 15.2. The van der Waals surface area contributed by atoms with E-state index in [0.717, 1.165) is 36.6 Å². The van der Waals surface area contributed by atoms with Crippen molar-refractivity contribution in [1.29, 1.82) is 0 Å². The summed E-state index contributed by atoms with van der Waals surface area (Å²) in [4.78, 5) is 16.3. The standard InChI is InChI=1S/C39H59N2O2S/c1-7-9-10-11-12-13-14-15-16-17-18-19-26-43-37-27-34(22-25-36(37)39(4,5)6)30-41(38(42)8-2)35-23-20-33(21-24-35)29-40-28-32(3)44-31-40/h20-25,27-28,31H,7-19,26,29-30H2,1-6H3/q+1. The van der Waals surface area contributed by atoms with Crippen LogP contribution in [0.1, 0.15) is 140 Å². The molecule has 0 aliphatic rings. The van der Waals surface area contributed by atoms with Gasteiger partial charge in [0.05, 0.1) is 18.0 Å². The van der Waals surface area contributed by atoms with Gasteiger partial charge < -0.3 is 9.64 Å². The van der Waals surface area contributed by atoms with Crippen LogP contribution in [0.2, 0.25) is 0 Å². The highest BCUT2D eigenvalue weighted by Crippen LogP contribution is 2.33. The van der Waals surface area contributed by atoms with Gasteiger partial charge in [-0.15, -0.1) is 0 Å². The highest BCUT2D eigenvalue weighted by atomic mass is 32.1. The molecule has 3 aromatic rings. The third kappa shape index (κ3) is 12.4. The molecular formula is C39H59N2O2S+. The van der Waals surface area contributed by atoms with Gasteiger partial charge in [-0.1, -0.05) is 141 Å². The van der Waals surface area contributed by atoms with Crippen LogP contribution in [-0.2, 0) is 23.3 Å². The monoisotopic (exact) mass is 619 g/mol. The lowest BCUT2D eigenvalue weighted by Gasteiger charge is -2.26. The Morgan fingerprint density at radius 3 is 1.95 bits per heavy atom. The van der Waals surface area contributed by atoms with Gasteiger partial charge in [-0.3, -0.25) is 4.79 Å². The van der Waals surface area contributed by atoms with Crippen molar-refractivity contribution in [3.8, 4) is 5.75 Å². The molecule has 0 saturated heterocycles. The predicted molar refractivity (Wildman–Crippen MR) is 188 cm³/mol. The van der Waals surface area contributed by atoms with Crippen LogP contribution in [0.3, 0.4) is 0 Å². The molecule has 0 saturated carbocycles. The molecule has 44 heavy (non-hydrogen) atoms. The first-order chi connectivity index (χ1) is 21.2. The Morgan fingerprint density at radius 1 is 0.818 bits per heavy atom. The van der Waals surface area contributed by atoms with Crippen molar-refractivity contribution in [1.82, 2.24) is 0 Å². The first-order valence-corrected chi connectivity index (χ1v) is 18.2. The van der Waals surface area contributed by atoms with Crippen LogP contribution in [0.25, 0.3) is 0 Å². The van der Waals surface area contributed by atoms with Crippen LogP contribution < -0.4 is 14.2 Å². The zero-order chi connectivity index (χ0) is 31.8. The molecule has 242 valence electrons. The summed E-state index contributed by atoms with van der Waals surface area (Å²) >= 11 is 1.76. The van der Waals surface area contributed by atoms with E-state index >= 15 is 0 Å². The predicted octanol–water partition coefficient (Wildman–Crippen LogP) is 10.7. The average molecular weight is 620 g/mol. The maximum atomic E-state index is 13.1. The zero-order valence-electron chi connectivity index (χ0n) is 28.6. The largest absolute Gasteiger partial charge is 0.493 e. The number of aryl methyl sites for hydroxylation is 1. The van der Waals surface area contributed by atoms with E-state index in [9.17, 15) is 4.79 Å². The third-order valence-electron chi connectivity index (χ3n) is 8.39. The van der Waals surface area contributed by atoms with Gasteiger partial charge in [-0.25, -0.2) is 0 Å². The van der Waals surface area contributed by atoms with Gasteiger partial charge in [0.1, 0.15) is 5.75 Å². The second-order valence-corrected chi connectivity index (χ2v) is 14.5. The summed E-state index contributed by atoms with van der Waals surface area (Å²) in [5, 5.41) is 0. The molecule has 1 amide bonds. The van der Waals surface area contributed by atoms with E-state index in [2.05, 4.69) is 93.4 Å². The van der Waals surface area contributed by atoms with Crippen molar-refractivity contribution in [2.45, 2.75) is 144 Å². The number of aromatic nitrogens is 1. The zero-order valence-corrected chi connectivity index (χ0v) is 29.4. The van der Waals surface area contributed by atoms with E-state index in [4.69, 9.17) is 4.74 Å². The smallest absolute Gasteiger partial charge is 0.227 e. The van der Waals surface area contributed by atoms with Crippen molar-refractivity contribution in [3.05, 3.63) is 75.7 Å². The molecule has 0 radical (unpaired) electrons. The summed E-state index contributed by atoms with van der Waals surface area (Å²) < 4.78 is 8.65. The van der Waals surface area contributed by atoms with Crippen LogP contribution in [-0.4, -0.2) is 12.5 Å². The lowest BCUT2D eigenvalue weighted by Crippen LogP contribution is -2.31. The first kappa shape index (κ1) is 35.8. The molecule has 5 heteroatoms. The van der Waals surface area contributed by atoms with Gasteiger partial charge in [0.25, 0.3) is 0 Å². The summed E-state index contributed by atoms with van der Waals surface area (Å²) in [7, 11) is 0. The molecule has 0 atom stereocenters. The molecule has 0 aliphatic carbocycles. The normalized spacial score (nSPS) is 11.6. The number of hydrogen-bond acceptors (Lipinski definition) is 3. The molecule has 0 spiro atoms. The molecular weight excluding hydrogens is 561 g/mol. The topological polar surface area (TPSA) is 33.4 Å². The number of thiazole rings is 1. The van der Waals surface area contributed by atoms with Crippen molar-refractivity contribution < 1.29 is 14.1 Å². The summed E-state index contributed by atoms with van der Waals surface area (Å²) in [6.07, 6.45) is 18.7. The number of ether oxygens (including phenoxy) is 1. The van der Waals surface area contributed by atoms with Crippen molar-refractivity contribution in [2.75, 3.05) is 11.5 Å². The molecule has 4 nitrogen and oxygen atoms in total. The molecule has 2 aromatic carbocycles. The molecule has 1 heterocycles. The van der Waals surface area contributed by atoms with E-state index in [0.29, 0.717) is 13.0 Å². The molecule has 1 aromatic heterocycles. The van der Waals surface area contributed by atoms with E-state index in [1.54, 1.807) is 11.3 Å². The number of anilines is 1. The fraction of sp³-hybridized carbons (Fsp3) is 0.590. The summed E-state index contributed by atoms with van der Waals surface area (Å²) in [5.41, 5.74) is 6.61. The van der Waals surface area contributed by atoms with Gasteiger partial charge in [0.2, 0.25) is 11.4 Å². The number of rotatable bonds is 20. The Hall–Kier alpha value is -2.66. The summed E-state index contributed by atoms with van der Waals surface area (Å²) in [6, 6.07) is 15.0. The van der Waals surface area contributed by atoms with Crippen LogP contribution in [0.5, 0.6) is 5.75 Å². The van der Waals surface area contributed by atoms with Gasteiger partial charge >= 0.3 is 0 Å². The SMILES string of the molecule is CCCCCCCCCCCCCCOc1cc(CN(C(=O)CC)c2ccc(C[n+]3csc(C)c3)cc2)ccc1C(C)(C)C. The van der Waals surface area contributed by atoms with Crippen LogP contribution in [0.4, 0.5) is 5.69 Å². The van der Waals surface area contributed by atoms with Gasteiger partial charge in [0.15, 0.2) is 12.7 Å². The molecule has 0 N–H and O–H groups in total. The van der Waals surface area contributed by atoms with Crippen LogP contribution in [0, 0.1) is 6.92 Å². The molecule has 0 unspecified atom stereocenters. The molecule has 0 bridgehead atoms. The second-order valence-electron chi connectivity index (χ2n) is 13.5. The number of benzene rings is 2. The minimum Gasteiger partial charge on any atom is -0.493 e. The highest BCUT2D eigenvalue weighted by molar-refractivity contribution is 7.09. The Labute approximate surface area is 272 Å². The van der Waals surface area contributed by atoms with E-state index in [1.807, 2.05) is 11.8 Å². The van der Waals surface area contributed by atoms with Crippen LogP contribution in [0.15, 0.2) is 54.2 Å². The molecule has 3 rings (SSSR count). The number of carbonyl (C=O) groups is 1. The maximum Gasteiger partial charge on any atom is 0.227 e. The first-order valence-electron chi connectivity index (χ1n) is 17.3. The minimum atomic E-state index is -0.0157. The number of carbonyl (C=O) groups excluding carboxylic acids is 1. The van der Waals surface area contributed by atoms with Crippen LogP contribution >= 0.6 is 11.3 Å². The Bertz CT molecular complexity index is 1240. The number of hydrogen-bond donors (Lipinski definition) is 0. The second kappa shape index (κ2) is 19.0. The molecule has 0 fully saturated rings. The van der Waals surface area contributed by atoms with E-state index in [-0.39, 0.29) is 11.3 Å². The Kier molecular flexibility index (Phi) is 15.5. The Balaban J connectivity index is 1.55. The van der Waals surface area contributed by atoms with Crippen molar-refractivity contribution >= 4 is 22.9 Å². The number of amides is 1.